The van der Waals surface area contributed by atoms with Crippen molar-refractivity contribution in [3.63, 3.8) is 0 Å². The minimum atomic E-state index is -0.0808. The average molecular weight is 413 g/mol. The van der Waals surface area contributed by atoms with Crippen molar-refractivity contribution in [3.05, 3.63) is 106 Å². The number of benzene rings is 2. The van der Waals surface area contributed by atoms with Crippen molar-refractivity contribution in [2.24, 2.45) is 0 Å². The molecule has 5 rings (SSSR count). The van der Waals surface area contributed by atoms with Crippen LogP contribution in [0.15, 0.2) is 78.2 Å². The molecule has 1 unspecified atom stereocenters. The molecule has 0 bridgehead atoms. The van der Waals surface area contributed by atoms with Gasteiger partial charge in [0.25, 0.3) is 0 Å². The summed E-state index contributed by atoms with van der Waals surface area (Å²) in [6.45, 7) is 8.15. The van der Waals surface area contributed by atoms with Crippen LogP contribution in [0, 0.1) is 6.92 Å². The van der Waals surface area contributed by atoms with Crippen LogP contribution in [0.2, 0.25) is 0 Å². The topological polar surface area (TPSA) is 41.4 Å². The Morgan fingerprint density at radius 2 is 1.55 bits per heavy atom. The van der Waals surface area contributed by atoms with Crippen LogP contribution in [-0.2, 0) is 0 Å². The van der Waals surface area contributed by atoms with E-state index < -0.39 is 0 Å². The number of hydrazine groups is 1. The molecule has 5 heteroatoms. The first-order chi connectivity index (χ1) is 15.2. The van der Waals surface area contributed by atoms with Crippen LogP contribution in [0.3, 0.4) is 0 Å². The van der Waals surface area contributed by atoms with Crippen LogP contribution in [0.5, 0.6) is 0 Å². The van der Waals surface area contributed by atoms with Crippen LogP contribution in [-0.4, -0.2) is 32.9 Å². The maximum absolute atomic E-state index is 12.5. The van der Waals surface area contributed by atoms with E-state index in [2.05, 4.69) is 82.4 Å². The Kier molecular flexibility index (Phi) is 5.20. The van der Waals surface area contributed by atoms with Crippen LogP contribution in [0.4, 0.5) is 0 Å². The van der Waals surface area contributed by atoms with E-state index in [1.165, 1.54) is 23.7 Å². The molecule has 5 nitrogen and oxygen atoms in total. The highest BCUT2D eigenvalue weighted by atomic mass is 16.1. The molecule has 1 fully saturated rings. The molecule has 0 aliphatic carbocycles. The lowest BCUT2D eigenvalue weighted by atomic mass is 9.87. The van der Waals surface area contributed by atoms with Gasteiger partial charge in [-0.15, -0.1) is 0 Å². The third-order valence-corrected chi connectivity index (χ3v) is 6.58. The average Bonchev–Trinajstić information content (AvgIpc) is 3.06. The molecule has 3 heterocycles. The minimum Gasteiger partial charge on any atom is -0.302 e. The summed E-state index contributed by atoms with van der Waals surface area (Å²) in [6.07, 6.45) is 4.81. The van der Waals surface area contributed by atoms with Gasteiger partial charge in [0, 0.05) is 24.6 Å². The summed E-state index contributed by atoms with van der Waals surface area (Å²) in [5.41, 5.74) is 4.88. The zero-order valence-corrected chi connectivity index (χ0v) is 17.9. The second-order valence-electron chi connectivity index (χ2n) is 8.43. The van der Waals surface area contributed by atoms with E-state index in [9.17, 15) is 4.79 Å². The number of nitrogens with zero attached hydrogens (tertiary/aromatic N) is 4. The second kappa shape index (κ2) is 8.16. The smallest absolute Gasteiger partial charge is 0.203 e. The summed E-state index contributed by atoms with van der Waals surface area (Å²) in [5, 5.41) is 9.42. The van der Waals surface area contributed by atoms with Crippen LogP contribution in [0.1, 0.15) is 53.7 Å². The van der Waals surface area contributed by atoms with Crippen molar-refractivity contribution in [2.45, 2.75) is 38.3 Å². The lowest BCUT2D eigenvalue weighted by Crippen LogP contribution is -2.53. The van der Waals surface area contributed by atoms with Crippen molar-refractivity contribution in [2.75, 3.05) is 13.1 Å². The molecule has 1 atom stereocenters. The Hall–Kier alpha value is -3.18. The van der Waals surface area contributed by atoms with Crippen molar-refractivity contribution in [3.8, 4) is 0 Å². The van der Waals surface area contributed by atoms with Crippen molar-refractivity contribution in [1.29, 1.82) is 0 Å². The van der Waals surface area contributed by atoms with Gasteiger partial charge < -0.3 is 5.01 Å². The Bertz CT molecular complexity index is 1100. The summed E-state index contributed by atoms with van der Waals surface area (Å²) < 4.78 is 2.05. The largest absolute Gasteiger partial charge is 0.302 e. The summed E-state index contributed by atoms with van der Waals surface area (Å²) >= 11 is 0. The molecule has 1 saturated heterocycles. The number of hydrogen-bond donors (Lipinski definition) is 0. The van der Waals surface area contributed by atoms with Crippen molar-refractivity contribution in [1.82, 2.24) is 19.8 Å². The standard InChI is InChI=1S/C26H28N4O/c1-19-23(31)18-27-30-25(19)20(2)28-16-10-5-11-17-29(28)26(30)24(21-12-6-3-7-13-21)22-14-8-4-9-15-22/h3-4,6-9,12-15,18,24,26H,2,5,10-11,16-17H2,1H3. The van der Waals surface area contributed by atoms with E-state index in [1.807, 2.05) is 11.6 Å². The van der Waals surface area contributed by atoms with Gasteiger partial charge in [-0.25, -0.2) is 4.68 Å². The fourth-order valence-electron chi connectivity index (χ4n) is 5.05. The predicted molar refractivity (Wildman–Crippen MR) is 123 cm³/mol. The van der Waals surface area contributed by atoms with Gasteiger partial charge in [-0.3, -0.25) is 4.79 Å². The molecule has 2 aromatic carbocycles. The number of rotatable bonds is 3. The first-order valence-corrected chi connectivity index (χ1v) is 11.1. The molecule has 0 N–H and O–H groups in total. The zero-order chi connectivity index (χ0) is 21.4. The highest BCUT2D eigenvalue weighted by Crippen LogP contribution is 2.44. The first kappa shape index (κ1) is 19.8. The summed E-state index contributed by atoms with van der Waals surface area (Å²) in [5.74, 6) is 0.0595. The van der Waals surface area contributed by atoms with Gasteiger partial charge in [0.15, 0.2) is 0 Å². The third kappa shape index (κ3) is 3.39. The Morgan fingerprint density at radius 3 is 2.19 bits per heavy atom. The van der Waals surface area contributed by atoms with Gasteiger partial charge in [-0.2, -0.15) is 10.1 Å². The zero-order valence-electron chi connectivity index (χ0n) is 17.9. The number of aromatic nitrogens is 2. The molecule has 0 radical (unpaired) electrons. The Balaban J connectivity index is 1.78. The predicted octanol–water partition coefficient (Wildman–Crippen LogP) is 4.57. The van der Waals surface area contributed by atoms with Crippen molar-refractivity contribution < 1.29 is 0 Å². The lowest BCUT2D eigenvalue weighted by Gasteiger charge is -2.49. The van der Waals surface area contributed by atoms with Gasteiger partial charge in [0.1, 0.15) is 6.17 Å². The number of fused-ring (bicyclic) bond motifs is 2. The molecule has 2 aliphatic rings. The highest BCUT2D eigenvalue weighted by molar-refractivity contribution is 5.62. The molecule has 0 spiro atoms. The van der Waals surface area contributed by atoms with Gasteiger partial charge in [-0.05, 0) is 30.9 Å². The molecule has 158 valence electrons. The molecule has 0 saturated carbocycles. The third-order valence-electron chi connectivity index (χ3n) is 6.58. The molecule has 0 amide bonds. The molecular weight excluding hydrogens is 384 g/mol. The van der Waals surface area contributed by atoms with E-state index in [1.54, 1.807) is 0 Å². The molecule has 1 aromatic heterocycles. The Morgan fingerprint density at radius 1 is 0.935 bits per heavy atom. The van der Waals surface area contributed by atoms with E-state index >= 15 is 0 Å². The van der Waals surface area contributed by atoms with Gasteiger partial charge in [0.2, 0.25) is 5.43 Å². The van der Waals surface area contributed by atoms with Gasteiger partial charge in [0.05, 0.1) is 17.6 Å². The summed E-state index contributed by atoms with van der Waals surface area (Å²) in [7, 11) is 0. The van der Waals surface area contributed by atoms with Crippen LogP contribution in [0.25, 0.3) is 5.70 Å². The molecule has 31 heavy (non-hydrogen) atoms. The first-order valence-electron chi connectivity index (χ1n) is 11.1. The van der Waals surface area contributed by atoms with Crippen molar-refractivity contribution >= 4 is 5.70 Å². The summed E-state index contributed by atoms with van der Waals surface area (Å²) in [6, 6.07) is 21.3. The second-order valence-corrected chi connectivity index (χ2v) is 8.43. The maximum Gasteiger partial charge on any atom is 0.203 e. The highest BCUT2D eigenvalue weighted by Gasteiger charge is 2.42. The maximum atomic E-state index is 12.5. The van der Waals surface area contributed by atoms with Gasteiger partial charge >= 0.3 is 0 Å². The minimum absolute atomic E-state index is 0.0367. The summed E-state index contributed by atoms with van der Waals surface area (Å²) in [4.78, 5) is 12.5. The quantitative estimate of drug-likeness (QED) is 0.632. The van der Waals surface area contributed by atoms with E-state index in [0.29, 0.717) is 5.56 Å². The fraction of sp³-hybridized carbons (Fsp3) is 0.308. The molecular formula is C26H28N4O. The lowest BCUT2D eigenvalue weighted by molar-refractivity contribution is -0.0611. The normalized spacial score (nSPS) is 19.1. The van der Waals surface area contributed by atoms with E-state index in [-0.39, 0.29) is 17.5 Å². The van der Waals surface area contributed by atoms with E-state index in [4.69, 9.17) is 0 Å². The molecule has 2 aliphatic heterocycles. The Labute approximate surface area is 183 Å². The van der Waals surface area contributed by atoms with Crippen LogP contribution >= 0.6 is 0 Å². The number of hydrogen-bond acceptors (Lipinski definition) is 4. The monoisotopic (exact) mass is 412 g/mol. The van der Waals surface area contributed by atoms with Gasteiger partial charge in [-0.1, -0.05) is 73.7 Å². The van der Waals surface area contributed by atoms with E-state index in [0.717, 1.165) is 37.3 Å². The van der Waals surface area contributed by atoms with Crippen LogP contribution < -0.4 is 5.43 Å². The molecule has 3 aromatic rings. The fourth-order valence-corrected chi connectivity index (χ4v) is 5.05. The SMILES string of the molecule is C=C1c2c(C)c(=O)cnn2C(C(c2ccccc2)c2ccccc2)N2CCCCCN12.